The monoisotopic (exact) mass is 334 g/mol. The van der Waals surface area contributed by atoms with E-state index in [9.17, 15) is 9.18 Å². The SMILES string of the molecule is CC(C)C(NC(=O)C1CCN(Cc2ccccc2F)CC1)C(C)C. The van der Waals surface area contributed by atoms with Crippen LogP contribution < -0.4 is 5.32 Å². The Kier molecular flexibility index (Phi) is 6.79. The van der Waals surface area contributed by atoms with Crippen LogP contribution in [0.25, 0.3) is 0 Å². The molecule has 0 spiro atoms. The van der Waals surface area contributed by atoms with Gasteiger partial charge in [0.1, 0.15) is 5.82 Å². The fourth-order valence-electron chi connectivity index (χ4n) is 3.61. The highest BCUT2D eigenvalue weighted by Gasteiger charge is 2.28. The van der Waals surface area contributed by atoms with Gasteiger partial charge in [-0.1, -0.05) is 45.9 Å². The van der Waals surface area contributed by atoms with Crippen LogP contribution in [0.15, 0.2) is 24.3 Å². The van der Waals surface area contributed by atoms with Crippen molar-refractivity contribution in [1.29, 1.82) is 0 Å². The molecule has 1 amide bonds. The van der Waals surface area contributed by atoms with E-state index in [0.29, 0.717) is 18.4 Å². The second kappa shape index (κ2) is 8.61. The van der Waals surface area contributed by atoms with Crippen molar-refractivity contribution < 1.29 is 9.18 Å². The first kappa shape index (κ1) is 18.9. The van der Waals surface area contributed by atoms with Gasteiger partial charge in [0.15, 0.2) is 0 Å². The zero-order chi connectivity index (χ0) is 17.7. The summed E-state index contributed by atoms with van der Waals surface area (Å²) in [6, 6.07) is 7.16. The van der Waals surface area contributed by atoms with Crippen molar-refractivity contribution in [2.75, 3.05) is 13.1 Å². The molecule has 134 valence electrons. The third-order valence-electron chi connectivity index (χ3n) is 5.06. The number of halogens is 1. The molecule has 0 radical (unpaired) electrons. The second-order valence-corrected chi connectivity index (χ2v) is 7.66. The molecule has 1 fully saturated rings. The number of piperidine rings is 1. The van der Waals surface area contributed by atoms with Gasteiger partial charge in [0.25, 0.3) is 0 Å². The van der Waals surface area contributed by atoms with E-state index in [1.54, 1.807) is 6.07 Å². The fraction of sp³-hybridized carbons (Fsp3) is 0.650. The topological polar surface area (TPSA) is 32.3 Å². The number of benzene rings is 1. The lowest BCUT2D eigenvalue weighted by Gasteiger charge is -2.33. The summed E-state index contributed by atoms with van der Waals surface area (Å²) in [5, 5.41) is 3.24. The Balaban J connectivity index is 1.84. The van der Waals surface area contributed by atoms with E-state index in [2.05, 4.69) is 37.9 Å². The molecule has 3 nitrogen and oxygen atoms in total. The summed E-state index contributed by atoms with van der Waals surface area (Å²) in [5.74, 6) is 1.01. The van der Waals surface area contributed by atoms with Crippen molar-refractivity contribution in [3.05, 3.63) is 35.6 Å². The molecule has 0 unspecified atom stereocenters. The molecule has 1 N–H and O–H groups in total. The number of rotatable bonds is 6. The largest absolute Gasteiger partial charge is 0.353 e. The predicted octanol–water partition coefficient (Wildman–Crippen LogP) is 3.83. The lowest BCUT2D eigenvalue weighted by molar-refractivity contribution is -0.127. The average molecular weight is 334 g/mol. The van der Waals surface area contributed by atoms with Crippen LogP contribution in [0.2, 0.25) is 0 Å². The average Bonchev–Trinajstić information content (AvgIpc) is 2.54. The number of nitrogens with zero attached hydrogens (tertiary/aromatic N) is 1. The third kappa shape index (κ3) is 5.04. The van der Waals surface area contributed by atoms with Crippen LogP contribution in [-0.4, -0.2) is 29.9 Å². The Morgan fingerprint density at radius 2 is 1.75 bits per heavy atom. The molecule has 1 aliphatic heterocycles. The maximum Gasteiger partial charge on any atom is 0.223 e. The van der Waals surface area contributed by atoms with E-state index in [-0.39, 0.29) is 23.7 Å². The predicted molar refractivity (Wildman–Crippen MR) is 96.0 cm³/mol. The molecule has 4 heteroatoms. The Bertz CT molecular complexity index is 528. The highest BCUT2D eigenvalue weighted by molar-refractivity contribution is 5.79. The second-order valence-electron chi connectivity index (χ2n) is 7.66. The summed E-state index contributed by atoms with van der Waals surface area (Å²) in [4.78, 5) is 14.8. The standard InChI is InChI=1S/C20H31FN2O/c1-14(2)19(15(3)4)22-20(24)16-9-11-23(12-10-16)13-17-7-5-6-8-18(17)21/h5-8,14-16,19H,9-13H2,1-4H3,(H,22,24). The van der Waals surface area contributed by atoms with Crippen LogP contribution in [0.4, 0.5) is 4.39 Å². The van der Waals surface area contributed by atoms with Crippen LogP contribution in [0.1, 0.15) is 46.1 Å². The van der Waals surface area contributed by atoms with Gasteiger partial charge in [-0.2, -0.15) is 0 Å². The van der Waals surface area contributed by atoms with E-state index in [0.717, 1.165) is 31.5 Å². The quantitative estimate of drug-likeness (QED) is 0.857. The van der Waals surface area contributed by atoms with Gasteiger partial charge in [0.05, 0.1) is 0 Å². The van der Waals surface area contributed by atoms with Crippen molar-refractivity contribution >= 4 is 5.91 Å². The van der Waals surface area contributed by atoms with Crippen LogP contribution in [-0.2, 0) is 11.3 Å². The van der Waals surface area contributed by atoms with Crippen molar-refractivity contribution in [3.63, 3.8) is 0 Å². The Labute approximate surface area is 145 Å². The minimum Gasteiger partial charge on any atom is -0.353 e. The summed E-state index contributed by atoms with van der Waals surface area (Å²) < 4.78 is 13.8. The van der Waals surface area contributed by atoms with Gasteiger partial charge in [0.2, 0.25) is 5.91 Å². The van der Waals surface area contributed by atoms with Gasteiger partial charge in [0, 0.05) is 24.1 Å². The number of carbonyl (C=O) groups excluding carboxylic acids is 1. The molecular weight excluding hydrogens is 303 g/mol. The molecule has 2 rings (SSSR count). The molecule has 1 saturated heterocycles. The Hall–Kier alpha value is -1.42. The van der Waals surface area contributed by atoms with Crippen molar-refractivity contribution in [2.45, 2.75) is 53.1 Å². The van der Waals surface area contributed by atoms with Crippen molar-refractivity contribution in [2.24, 2.45) is 17.8 Å². The van der Waals surface area contributed by atoms with E-state index in [1.165, 1.54) is 6.07 Å². The van der Waals surface area contributed by atoms with Gasteiger partial charge < -0.3 is 5.32 Å². The molecule has 1 aromatic carbocycles. The number of amides is 1. The van der Waals surface area contributed by atoms with Crippen molar-refractivity contribution in [3.8, 4) is 0 Å². The molecule has 0 aliphatic carbocycles. The number of hydrogen-bond acceptors (Lipinski definition) is 2. The molecule has 1 aliphatic rings. The summed E-state index contributed by atoms with van der Waals surface area (Å²) in [6.07, 6.45) is 1.70. The normalized spacial score (nSPS) is 17.0. The van der Waals surface area contributed by atoms with Crippen LogP contribution in [0.3, 0.4) is 0 Å². The number of carbonyl (C=O) groups is 1. The lowest BCUT2D eigenvalue weighted by atomic mass is 9.90. The molecule has 0 bridgehead atoms. The lowest BCUT2D eigenvalue weighted by Crippen LogP contribution is -2.47. The van der Waals surface area contributed by atoms with E-state index in [1.807, 2.05) is 12.1 Å². The first-order chi connectivity index (χ1) is 11.4. The summed E-state index contributed by atoms with van der Waals surface area (Å²) in [6.45, 7) is 10.9. The fourth-order valence-corrected chi connectivity index (χ4v) is 3.61. The summed E-state index contributed by atoms with van der Waals surface area (Å²) >= 11 is 0. The van der Waals surface area contributed by atoms with Crippen LogP contribution in [0, 0.1) is 23.6 Å². The van der Waals surface area contributed by atoms with E-state index >= 15 is 0 Å². The summed E-state index contributed by atoms with van der Waals surface area (Å²) in [5.41, 5.74) is 0.736. The molecule has 0 aromatic heterocycles. The maximum absolute atomic E-state index is 13.8. The zero-order valence-electron chi connectivity index (χ0n) is 15.4. The van der Waals surface area contributed by atoms with E-state index < -0.39 is 0 Å². The maximum atomic E-state index is 13.8. The van der Waals surface area contributed by atoms with Gasteiger partial charge in [-0.15, -0.1) is 0 Å². The van der Waals surface area contributed by atoms with Gasteiger partial charge in [-0.3, -0.25) is 9.69 Å². The molecule has 0 atom stereocenters. The summed E-state index contributed by atoms with van der Waals surface area (Å²) in [7, 11) is 0. The first-order valence-electron chi connectivity index (χ1n) is 9.14. The Morgan fingerprint density at radius 3 is 2.29 bits per heavy atom. The molecule has 1 aromatic rings. The minimum atomic E-state index is -0.144. The number of likely N-dealkylation sites (tertiary alicyclic amines) is 1. The highest BCUT2D eigenvalue weighted by Crippen LogP contribution is 2.21. The Morgan fingerprint density at radius 1 is 1.17 bits per heavy atom. The van der Waals surface area contributed by atoms with Gasteiger partial charge in [-0.25, -0.2) is 4.39 Å². The van der Waals surface area contributed by atoms with Crippen molar-refractivity contribution in [1.82, 2.24) is 10.2 Å². The first-order valence-corrected chi connectivity index (χ1v) is 9.14. The van der Waals surface area contributed by atoms with E-state index in [4.69, 9.17) is 0 Å². The highest BCUT2D eigenvalue weighted by atomic mass is 19.1. The number of nitrogens with one attached hydrogen (secondary N) is 1. The van der Waals surface area contributed by atoms with Gasteiger partial charge >= 0.3 is 0 Å². The smallest absolute Gasteiger partial charge is 0.223 e. The van der Waals surface area contributed by atoms with Gasteiger partial charge in [-0.05, 0) is 43.8 Å². The molecular formula is C20H31FN2O. The third-order valence-corrected chi connectivity index (χ3v) is 5.06. The minimum absolute atomic E-state index is 0.0851. The molecule has 24 heavy (non-hydrogen) atoms. The number of hydrogen-bond donors (Lipinski definition) is 1. The molecule has 1 heterocycles. The van der Waals surface area contributed by atoms with Crippen LogP contribution in [0.5, 0.6) is 0 Å². The molecule has 0 saturated carbocycles. The zero-order valence-corrected chi connectivity index (χ0v) is 15.4. The van der Waals surface area contributed by atoms with Crippen LogP contribution >= 0.6 is 0 Å².